The molecular formula is C18H16F3NOS. The predicted octanol–water partition coefficient (Wildman–Crippen LogP) is 5.10. The first-order valence-electron chi connectivity index (χ1n) is 7.45. The first kappa shape index (κ1) is 16.9. The number of carbonyl (C=O) groups excluding carboxylic acids is 1. The molecule has 2 aromatic rings. The maximum atomic E-state index is 13.3. The van der Waals surface area contributed by atoms with Crippen molar-refractivity contribution in [3.63, 3.8) is 0 Å². The summed E-state index contributed by atoms with van der Waals surface area (Å²) in [5.41, 5.74) is 2.02. The number of benzene rings is 2. The van der Waals surface area contributed by atoms with Crippen molar-refractivity contribution >= 4 is 23.4 Å². The minimum absolute atomic E-state index is 0.125. The number of hydrogen-bond acceptors (Lipinski definition) is 2. The van der Waals surface area contributed by atoms with Crippen LogP contribution in [0.25, 0.3) is 0 Å². The van der Waals surface area contributed by atoms with Crippen molar-refractivity contribution < 1.29 is 18.0 Å². The Balaban J connectivity index is 2.10. The van der Waals surface area contributed by atoms with Gasteiger partial charge in [0.1, 0.15) is 5.37 Å². The van der Waals surface area contributed by atoms with E-state index in [1.165, 1.54) is 28.8 Å². The van der Waals surface area contributed by atoms with Crippen LogP contribution in [0.1, 0.15) is 27.6 Å². The van der Waals surface area contributed by atoms with Crippen LogP contribution in [0.15, 0.2) is 42.5 Å². The largest absolute Gasteiger partial charge is 0.416 e. The summed E-state index contributed by atoms with van der Waals surface area (Å²) in [6.07, 6.45) is -4.45. The number of thioether (sulfide) groups is 1. The van der Waals surface area contributed by atoms with Crippen LogP contribution in [0.2, 0.25) is 0 Å². The van der Waals surface area contributed by atoms with Gasteiger partial charge >= 0.3 is 6.18 Å². The maximum absolute atomic E-state index is 13.3. The summed E-state index contributed by atoms with van der Waals surface area (Å²) >= 11 is 1.22. The van der Waals surface area contributed by atoms with E-state index in [2.05, 4.69) is 0 Å². The van der Waals surface area contributed by atoms with Crippen molar-refractivity contribution in [1.82, 2.24) is 0 Å². The van der Waals surface area contributed by atoms with E-state index in [0.29, 0.717) is 5.69 Å². The number of nitrogens with zero attached hydrogens (tertiary/aromatic N) is 1. The van der Waals surface area contributed by atoms with Crippen molar-refractivity contribution in [2.45, 2.75) is 25.4 Å². The van der Waals surface area contributed by atoms with Gasteiger partial charge in [-0.05, 0) is 48.7 Å². The molecule has 1 fully saturated rings. The number of carbonyl (C=O) groups is 1. The van der Waals surface area contributed by atoms with Gasteiger partial charge in [0.05, 0.1) is 11.3 Å². The molecule has 0 aliphatic carbocycles. The lowest BCUT2D eigenvalue weighted by molar-refractivity contribution is -0.138. The van der Waals surface area contributed by atoms with Gasteiger partial charge in [-0.3, -0.25) is 9.69 Å². The third-order valence-corrected chi connectivity index (χ3v) is 5.08. The summed E-state index contributed by atoms with van der Waals surface area (Å²) in [4.78, 5) is 13.8. The first-order chi connectivity index (χ1) is 11.3. The fourth-order valence-electron chi connectivity index (χ4n) is 2.99. The van der Waals surface area contributed by atoms with E-state index in [4.69, 9.17) is 0 Å². The van der Waals surface area contributed by atoms with E-state index < -0.39 is 17.1 Å². The van der Waals surface area contributed by atoms with Crippen LogP contribution < -0.4 is 4.90 Å². The van der Waals surface area contributed by atoms with Crippen molar-refractivity contribution in [3.8, 4) is 0 Å². The fourth-order valence-corrected chi connectivity index (χ4v) is 4.21. The molecule has 0 N–H and O–H groups in total. The summed E-state index contributed by atoms with van der Waals surface area (Å²) in [6.45, 7) is 3.81. The third-order valence-electron chi connectivity index (χ3n) is 3.88. The number of amides is 1. The number of anilines is 1. The molecule has 0 bridgehead atoms. The van der Waals surface area contributed by atoms with E-state index in [-0.39, 0.29) is 17.2 Å². The second kappa shape index (κ2) is 6.16. The first-order valence-corrected chi connectivity index (χ1v) is 8.50. The molecule has 0 aromatic heterocycles. The Hall–Kier alpha value is -1.95. The Labute approximate surface area is 142 Å². The summed E-state index contributed by atoms with van der Waals surface area (Å²) in [6, 6.07) is 11.1. The van der Waals surface area contributed by atoms with Crippen molar-refractivity contribution in [2.24, 2.45) is 0 Å². The number of hydrogen-bond donors (Lipinski definition) is 0. The van der Waals surface area contributed by atoms with E-state index in [0.717, 1.165) is 17.2 Å². The number of alkyl halides is 3. The quantitative estimate of drug-likeness (QED) is 0.750. The van der Waals surface area contributed by atoms with Crippen LogP contribution in [0.5, 0.6) is 0 Å². The van der Waals surface area contributed by atoms with Crippen LogP contribution in [0.4, 0.5) is 18.9 Å². The second-order valence-electron chi connectivity index (χ2n) is 5.86. The molecule has 2 aromatic carbocycles. The van der Waals surface area contributed by atoms with Crippen LogP contribution in [-0.4, -0.2) is 11.7 Å². The molecule has 0 radical (unpaired) electrons. The van der Waals surface area contributed by atoms with Gasteiger partial charge in [-0.25, -0.2) is 0 Å². The second-order valence-corrected chi connectivity index (χ2v) is 6.93. The summed E-state index contributed by atoms with van der Waals surface area (Å²) in [5.74, 6) is -0.00361. The Kier molecular flexibility index (Phi) is 4.34. The Morgan fingerprint density at radius 3 is 2.33 bits per heavy atom. The van der Waals surface area contributed by atoms with E-state index >= 15 is 0 Å². The number of aryl methyl sites for hydroxylation is 2. The Morgan fingerprint density at radius 1 is 1.08 bits per heavy atom. The molecule has 1 aliphatic rings. The molecule has 0 unspecified atom stereocenters. The van der Waals surface area contributed by atoms with Crippen molar-refractivity contribution in [3.05, 3.63) is 64.7 Å². The zero-order valence-electron chi connectivity index (χ0n) is 13.2. The summed E-state index contributed by atoms with van der Waals surface area (Å²) in [7, 11) is 0. The highest BCUT2D eigenvalue weighted by Gasteiger charge is 2.41. The van der Waals surface area contributed by atoms with Crippen molar-refractivity contribution in [2.75, 3.05) is 10.7 Å². The highest BCUT2D eigenvalue weighted by atomic mass is 32.2. The predicted molar refractivity (Wildman–Crippen MR) is 90.0 cm³/mol. The normalized spacial score (nSPS) is 18.3. The smallest absolute Gasteiger partial charge is 0.295 e. The Bertz CT molecular complexity index is 768. The van der Waals surface area contributed by atoms with E-state index in [9.17, 15) is 18.0 Å². The third kappa shape index (κ3) is 3.15. The molecule has 1 saturated heterocycles. The highest BCUT2D eigenvalue weighted by molar-refractivity contribution is 8.00. The van der Waals surface area contributed by atoms with Gasteiger partial charge in [0.25, 0.3) is 0 Å². The molecule has 0 spiro atoms. The van der Waals surface area contributed by atoms with Gasteiger partial charge in [-0.15, -0.1) is 11.8 Å². The minimum atomic E-state index is -4.45. The average Bonchev–Trinajstić information content (AvgIpc) is 2.87. The van der Waals surface area contributed by atoms with Crippen LogP contribution in [0.3, 0.4) is 0 Å². The standard InChI is InChI=1S/C18H16F3NOS/c1-11-7-12(2)9-13(8-11)22-16(23)10-24-17(22)14-5-3-4-6-15(14)18(19,20)21/h3-9,17H,10H2,1-2H3/t17-/m1/s1. The molecule has 1 heterocycles. The molecule has 1 aliphatic heterocycles. The molecule has 126 valence electrons. The molecule has 1 atom stereocenters. The molecule has 3 rings (SSSR count). The zero-order valence-corrected chi connectivity index (χ0v) is 14.0. The van der Waals surface area contributed by atoms with Gasteiger partial charge in [0.2, 0.25) is 5.91 Å². The molecule has 24 heavy (non-hydrogen) atoms. The van der Waals surface area contributed by atoms with Crippen LogP contribution in [-0.2, 0) is 11.0 Å². The maximum Gasteiger partial charge on any atom is 0.416 e. The number of halogens is 3. The van der Waals surface area contributed by atoms with Gasteiger partial charge in [0, 0.05) is 5.69 Å². The average molecular weight is 351 g/mol. The van der Waals surface area contributed by atoms with Crippen LogP contribution >= 0.6 is 11.8 Å². The molecule has 6 heteroatoms. The fraction of sp³-hybridized carbons (Fsp3) is 0.278. The summed E-state index contributed by atoms with van der Waals surface area (Å²) < 4.78 is 40.0. The number of rotatable bonds is 2. The van der Waals surface area contributed by atoms with E-state index in [1.807, 2.05) is 32.0 Å². The lowest BCUT2D eigenvalue weighted by Gasteiger charge is -2.27. The highest BCUT2D eigenvalue weighted by Crippen LogP contribution is 2.46. The van der Waals surface area contributed by atoms with Crippen molar-refractivity contribution in [1.29, 1.82) is 0 Å². The minimum Gasteiger partial charge on any atom is -0.295 e. The molecule has 2 nitrogen and oxygen atoms in total. The topological polar surface area (TPSA) is 20.3 Å². The lowest BCUT2D eigenvalue weighted by Crippen LogP contribution is -2.29. The van der Waals surface area contributed by atoms with Gasteiger partial charge in [-0.2, -0.15) is 13.2 Å². The lowest BCUT2D eigenvalue weighted by atomic mass is 10.0. The summed E-state index contributed by atoms with van der Waals surface area (Å²) in [5, 5.41) is -0.670. The van der Waals surface area contributed by atoms with Gasteiger partial charge < -0.3 is 0 Å². The molecule has 1 amide bonds. The van der Waals surface area contributed by atoms with Gasteiger partial charge in [0.15, 0.2) is 0 Å². The van der Waals surface area contributed by atoms with E-state index in [1.54, 1.807) is 6.07 Å². The SMILES string of the molecule is Cc1cc(C)cc(N2C(=O)CS[C@@H]2c2ccccc2C(F)(F)F)c1. The zero-order chi connectivity index (χ0) is 17.5. The molecule has 0 saturated carbocycles. The van der Waals surface area contributed by atoms with Gasteiger partial charge in [-0.1, -0.05) is 24.3 Å². The molecular weight excluding hydrogens is 335 g/mol. The Morgan fingerprint density at radius 2 is 1.71 bits per heavy atom. The monoisotopic (exact) mass is 351 g/mol. The van der Waals surface area contributed by atoms with Crippen LogP contribution in [0, 0.1) is 13.8 Å².